The number of rotatable bonds is 2. The molecule has 0 bridgehead atoms. The molecule has 0 spiro atoms. The van der Waals surface area contributed by atoms with Gasteiger partial charge >= 0.3 is 17.1 Å². The van der Waals surface area contributed by atoms with Gasteiger partial charge in [0.05, 0.1) is 0 Å². The second kappa shape index (κ2) is 7.24. The molecule has 0 saturated heterocycles. The molecular weight excluding hydrogens is 268 g/mol. The van der Waals surface area contributed by atoms with Crippen molar-refractivity contribution >= 4 is 15.9 Å². The van der Waals surface area contributed by atoms with E-state index in [9.17, 15) is 8.42 Å². The van der Waals surface area contributed by atoms with Gasteiger partial charge < -0.3 is 4.72 Å². The van der Waals surface area contributed by atoms with Gasteiger partial charge in [0.25, 0.3) is 10.2 Å². The quantitative estimate of drug-likeness (QED) is 0.645. The molecule has 0 radical (unpaired) electrons. The van der Waals surface area contributed by atoms with Gasteiger partial charge in [0.15, 0.2) is 0 Å². The Hall–Kier alpha value is -1.07. The smallest absolute Gasteiger partial charge is 0.325 e. The van der Waals surface area contributed by atoms with Gasteiger partial charge in [0.2, 0.25) is 0 Å². The maximum Gasteiger partial charge on any atom is 2.00 e. The Balaban J connectivity index is 0.000000318. The van der Waals surface area contributed by atoms with Crippen molar-refractivity contribution in [2.24, 2.45) is 5.14 Å². The van der Waals surface area contributed by atoms with E-state index >= 15 is 0 Å². The van der Waals surface area contributed by atoms with Crippen LogP contribution in [0.5, 0.6) is 0 Å². The van der Waals surface area contributed by atoms with Crippen LogP contribution in [0.4, 0.5) is 5.69 Å². The van der Waals surface area contributed by atoms with Crippen molar-refractivity contribution in [1.82, 2.24) is 0 Å². The molecule has 88 valence electrons. The average molecular weight is 280 g/mol. The summed E-state index contributed by atoms with van der Waals surface area (Å²) in [5.74, 6) is 0. The van der Waals surface area contributed by atoms with Crippen LogP contribution in [0.15, 0.2) is 54.6 Å². The van der Waals surface area contributed by atoms with Crippen molar-refractivity contribution in [3.63, 3.8) is 0 Å². The van der Waals surface area contributed by atoms with Crippen LogP contribution in [0, 0.1) is 0 Å². The minimum atomic E-state index is -3.60. The van der Waals surface area contributed by atoms with Crippen LogP contribution in [0.3, 0.4) is 0 Å². The summed E-state index contributed by atoms with van der Waals surface area (Å²) >= 11 is 0. The van der Waals surface area contributed by atoms with Crippen molar-refractivity contribution in [1.29, 1.82) is 0 Å². The van der Waals surface area contributed by atoms with E-state index in [-0.39, 0.29) is 17.1 Å². The molecule has 16 heavy (non-hydrogen) atoms. The summed E-state index contributed by atoms with van der Waals surface area (Å²) < 4.78 is 22.8. The molecule has 0 saturated carbocycles. The molecule has 0 fully saturated rings. The minimum Gasteiger partial charge on any atom is -0.325 e. The van der Waals surface area contributed by atoms with Crippen LogP contribution in [-0.4, -0.2) is 8.42 Å². The second-order valence-corrected chi connectivity index (χ2v) is 4.08. The van der Waals surface area contributed by atoms with Crippen LogP contribution >= 0.6 is 0 Å². The van der Waals surface area contributed by atoms with E-state index in [1.165, 1.54) is 0 Å². The van der Waals surface area contributed by atoms with Gasteiger partial charge in [-0.2, -0.15) is 38.7 Å². The number of hydrogen-bond acceptors (Lipinski definition) is 2. The molecule has 2 aromatic carbocycles. The minimum absolute atomic E-state index is 0. The van der Waals surface area contributed by atoms with Crippen molar-refractivity contribution in [2.45, 2.75) is 0 Å². The van der Waals surface area contributed by atoms with E-state index in [1.54, 1.807) is 24.3 Å². The predicted molar refractivity (Wildman–Crippen MR) is 60.8 cm³/mol. The van der Waals surface area contributed by atoms with E-state index in [2.05, 4.69) is 9.86 Å². The Morgan fingerprint density at radius 3 is 1.88 bits per heavy atom. The molecule has 0 amide bonds. The first-order chi connectivity index (χ1) is 7.08. The Bertz CT molecular complexity index is 432. The van der Waals surface area contributed by atoms with Gasteiger partial charge in [-0.3, -0.25) is 0 Å². The van der Waals surface area contributed by atoms with Gasteiger partial charge in [0.1, 0.15) is 0 Å². The van der Waals surface area contributed by atoms with E-state index in [4.69, 9.17) is 0 Å². The molecular formula is C10H12FeN2O2S. The molecule has 0 aromatic heterocycles. The summed E-state index contributed by atoms with van der Waals surface area (Å²) in [6, 6.07) is 16.7. The predicted octanol–water partition coefficient (Wildman–Crippen LogP) is 1.42. The van der Waals surface area contributed by atoms with E-state index in [0.29, 0.717) is 5.69 Å². The van der Waals surface area contributed by atoms with Gasteiger partial charge in [-0.25, -0.2) is 29.4 Å². The molecule has 0 heterocycles. The molecule has 0 atom stereocenters. The Morgan fingerprint density at radius 2 is 1.56 bits per heavy atom. The topological polar surface area (TPSA) is 72.2 Å². The zero-order valence-corrected chi connectivity index (χ0v) is 10.3. The fourth-order valence-electron chi connectivity index (χ4n) is 0.927. The molecule has 0 aliphatic carbocycles. The SMILES string of the molecule is NS(=O)(=O)N[c-]1cccc1.[Fe+2].c1cc[cH-]c1. The first-order valence-corrected chi connectivity index (χ1v) is 5.81. The maximum absolute atomic E-state index is 10.4. The fourth-order valence-corrected chi connectivity index (χ4v) is 1.39. The second-order valence-electron chi connectivity index (χ2n) is 2.78. The van der Waals surface area contributed by atoms with Crippen molar-refractivity contribution in [3.8, 4) is 0 Å². The first kappa shape index (κ1) is 14.9. The summed E-state index contributed by atoms with van der Waals surface area (Å²) in [6.07, 6.45) is 0. The van der Waals surface area contributed by atoms with E-state index in [0.717, 1.165) is 0 Å². The van der Waals surface area contributed by atoms with Crippen LogP contribution in [0.2, 0.25) is 0 Å². The van der Waals surface area contributed by atoms with Gasteiger partial charge in [-0.05, 0) is 0 Å². The number of anilines is 1. The molecule has 0 unspecified atom stereocenters. The molecule has 4 nitrogen and oxygen atoms in total. The zero-order chi connectivity index (χ0) is 11.1. The molecule has 3 N–H and O–H groups in total. The zero-order valence-electron chi connectivity index (χ0n) is 8.35. The van der Waals surface area contributed by atoms with Crippen LogP contribution in [0.1, 0.15) is 0 Å². The van der Waals surface area contributed by atoms with Gasteiger partial charge in [0, 0.05) is 0 Å². The third kappa shape index (κ3) is 7.25. The third-order valence-electron chi connectivity index (χ3n) is 1.48. The Morgan fingerprint density at radius 1 is 1.06 bits per heavy atom. The van der Waals surface area contributed by atoms with E-state index < -0.39 is 10.2 Å². The first-order valence-electron chi connectivity index (χ1n) is 4.27. The van der Waals surface area contributed by atoms with Crippen LogP contribution in [0.25, 0.3) is 0 Å². The fraction of sp³-hybridized carbons (Fsp3) is 0. The standard InChI is InChI=1S/C5H7N2O2S.C5H5.Fe/c6-10(8,9)7-5-3-1-2-4-5;1-2-4-5-3-1;/h1-4,7H,(H2,6,8,9);1-5H;/q2*-1;+2. The number of nitrogens with one attached hydrogen (secondary N) is 1. The number of nitrogens with two attached hydrogens (primary N) is 1. The molecule has 0 aliphatic heterocycles. The summed E-state index contributed by atoms with van der Waals surface area (Å²) in [5, 5.41) is 4.69. The van der Waals surface area contributed by atoms with Crippen LogP contribution in [-0.2, 0) is 27.3 Å². The average Bonchev–Trinajstić information content (AvgIpc) is 2.71. The van der Waals surface area contributed by atoms with Gasteiger partial charge in [-0.1, -0.05) is 5.69 Å². The summed E-state index contributed by atoms with van der Waals surface area (Å²) in [4.78, 5) is 0. The molecule has 2 aromatic rings. The normalized spacial score (nSPS) is 9.56. The third-order valence-corrected chi connectivity index (χ3v) is 2.00. The summed E-state index contributed by atoms with van der Waals surface area (Å²) in [7, 11) is -3.60. The van der Waals surface area contributed by atoms with Crippen molar-refractivity contribution in [2.75, 3.05) is 4.72 Å². The monoisotopic (exact) mass is 280 g/mol. The Kier molecular flexibility index (Phi) is 6.76. The van der Waals surface area contributed by atoms with E-state index in [1.807, 2.05) is 30.3 Å². The largest absolute Gasteiger partial charge is 2.00 e. The Labute approximate surface area is 106 Å². The van der Waals surface area contributed by atoms with Crippen molar-refractivity contribution < 1.29 is 25.5 Å². The molecule has 6 heteroatoms. The molecule has 2 rings (SSSR count). The van der Waals surface area contributed by atoms with Crippen LogP contribution < -0.4 is 9.86 Å². The summed E-state index contributed by atoms with van der Waals surface area (Å²) in [5.41, 5.74) is 0.488. The summed E-state index contributed by atoms with van der Waals surface area (Å²) in [6.45, 7) is 0. The van der Waals surface area contributed by atoms with Crippen molar-refractivity contribution in [3.05, 3.63) is 54.6 Å². The molecule has 0 aliphatic rings. The maximum atomic E-state index is 10.4. The number of hydrogen-bond donors (Lipinski definition) is 2. The van der Waals surface area contributed by atoms with Gasteiger partial charge in [-0.15, -0.1) is 0 Å².